The molecule has 0 bridgehead atoms. The summed E-state index contributed by atoms with van der Waals surface area (Å²) in [6.07, 6.45) is 6.55. The number of ether oxygens (including phenoxy) is 1. The third-order valence-electron chi connectivity index (χ3n) is 4.10. The lowest BCUT2D eigenvalue weighted by atomic mass is 10.1. The first-order chi connectivity index (χ1) is 10.3. The fraction of sp³-hybridized carbons (Fsp3) is 0.529. The summed E-state index contributed by atoms with van der Waals surface area (Å²) in [5, 5.41) is 3.35. The molecule has 0 spiro atoms. The second-order valence-electron chi connectivity index (χ2n) is 5.67. The van der Waals surface area contributed by atoms with Crippen LogP contribution < -0.4 is 4.74 Å². The average Bonchev–Trinajstić information content (AvgIpc) is 3.01. The van der Waals surface area contributed by atoms with Crippen LogP contribution in [0.1, 0.15) is 32.1 Å². The van der Waals surface area contributed by atoms with E-state index in [1.807, 2.05) is 0 Å². The smallest absolute Gasteiger partial charge is 0.128 e. The summed E-state index contributed by atoms with van der Waals surface area (Å²) >= 11 is 5.35. The van der Waals surface area contributed by atoms with Crippen LogP contribution >= 0.6 is 27.3 Å². The van der Waals surface area contributed by atoms with Gasteiger partial charge in [-0.3, -0.25) is 0 Å². The number of hydrogen-bond donors (Lipinski definition) is 0. The van der Waals surface area contributed by atoms with E-state index in [1.165, 1.54) is 55.4 Å². The van der Waals surface area contributed by atoms with Gasteiger partial charge < -0.3 is 9.64 Å². The Bertz CT molecular complexity index is 577. The lowest BCUT2D eigenvalue weighted by Gasteiger charge is -2.26. The van der Waals surface area contributed by atoms with E-state index >= 15 is 0 Å². The van der Waals surface area contributed by atoms with Crippen LogP contribution in [0.5, 0.6) is 5.75 Å². The number of benzene rings is 1. The van der Waals surface area contributed by atoms with E-state index in [9.17, 15) is 0 Å². The molecule has 4 heteroatoms. The predicted octanol–water partition coefficient (Wildman–Crippen LogP) is 5.31. The fourth-order valence-corrected chi connectivity index (χ4v) is 4.37. The Kier molecular flexibility index (Phi) is 5.55. The van der Waals surface area contributed by atoms with E-state index < -0.39 is 0 Å². The van der Waals surface area contributed by atoms with Gasteiger partial charge in [0, 0.05) is 9.86 Å². The van der Waals surface area contributed by atoms with Crippen molar-refractivity contribution in [3.05, 3.63) is 28.1 Å². The maximum absolute atomic E-state index is 5.99. The third kappa shape index (κ3) is 3.99. The van der Waals surface area contributed by atoms with Gasteiger partial charge in [0.25, 0.3) is 0 Å². The Morgan fingerprint density at radius 3 is 2.81 bits per heavy atom. The van der Waals surface area contributed by atoms with Gasteiger partial charge in [-0.2, -0.15) is 0 Å². The van der Waals surface area contributed by atoms with Crippen molar-refractivity contribution >= 4 is 37.4 Å². The van der Waals surface area contributed by atoms with Crippen molar-refractivity contribution in [3.63, 3.8) is 0 Å². The van der Waals surface area contributed by atoms with Gasteiger partial charge in [0.2, 0.25) is 0 Å². The molecule has 3 rings (SSSR count). The van der Waals surface area contributed by atoms with E-state index in [2.05, 4.69) is 44.4 Å². The van der Waals surface area contributed by atoms with Gasteiger partial charge in [0.15, 0.2) is 0 Å². The van der Waals surface area contributed by atoms with Gasteiger partial charge >= 0.3 is 0 Å². The molecule has 114 valence electrons. The molecule has 0 radical (unpaired) electrons. The quantitative estimate of drug-likeness (QED) is 0.641. The monoisotopic (exact) mass is 367 g/mol. The highest BCUT2D eigenvalue weighted by molar-refractivity contribution is 9.10. The van der Waals surface area contributed by atoms with E-state index in [1.54, 1.807) is 11.3 Å². The Morgan fingerprint density at radius 2 is 1.95 bits per heavy atom. The van der Waals surface area contributed by atoms with Crippen molar-refractivity contribution < 1.29 is 4.74 Å². The first-order valence-corrected chi connectivity index (χ1v) is 9.53. The maximum atomic E-state index is 5.99. The number of fused-ring (bicyclic) bond motifs is 1. The Hall–Kier alpha value is -0.580. The van der Waals surface area contributed by atoms with E-state index in [0.717, 1.165) is 23.2 Å². The zero-order valence-corrected chi connectivity index (χ0v) is 14.7. The van der Waals surface area contributed by atoms with Crippen molar-refractivity contribution in [2.75, 3.05) is 26.2 Å². The molecule has 2 aromatic rings. The minimum Gasteiger partial charge on any atom is -0.493 e. The molecule has 1 fully saturated rings. The first-order valence-electron chi connectivity index (χ1n) is 7.85. The molecule has 0 N–H and O–H groups in total. The Balaban J connectivity index is 1.44. The molecule has 0 atom stereocenters. The van der Waals surface area contributed by atoms with Gasteiger partial charge in [-0.15, -0.1) is 11.3 Å². The van der Waals surface area contributed by atoms with Crippen molar-refractivity contribution in [1.29, 1.82) is 0 Å². The molecule has 2 heterocycles. The van der Waals surface area contributed by atoms with Crippen molar-refractivity contribution in [2.45, 2.75) is 32.1 Å². The fourth-order valence-electron chi connectivity index (χ4n) is 2.93. The standard InChI is InChI=1S/C17H22BrNOS/c18-15-6-7-16(14-8-13-21-17(14)15)20-12-5-4-11-19-9-2-1-3-10-19/h6-8,13H,1-5,9-12H2. The van der Waals surface area contributed by atoms with E-state index in [-0.39, 0.29) is 0 Å². The second kappa shape index (κ2) is 7.61. The summed E-state index contributed by atoms with van der Waals surface area (Å²) in [5.74, 6) is 1.02. The van der Waals surface area contributed by atoms with Crippen LogP contribution in [0.2, 0.25) is 0 Å². The lowest BCUT2D eigenvalue weighted by Crippen LogP contribution is -2.30. The van der Waals surface area contributed by atoms with Gasteiger partial charge in [-0.1, -0.05) is 6.42 Å². The SMILES string of the molecule is Brc1ccc(OCCCCN2CCCCC2)c2ccsc12. The zero-order valence-electron chi connectivity index (χ0n) is 12.3. The van der Waals surface area contributed by atoms with Crippen LogP contribution in [0, 0.1) is 0 Å². The Morgan fingerprint density at radius 1 is 1.10 bits per heavy atom. The van der Waals surface area contributed by atoms with Crippen LogP contribution in [0.3, 0.4) is 0 Å². The number of unbranched alkanes of at least 4 members (excludes halogenated alkanes) is 1. The largest absolute Gasteiger partial charge is 0.493 e. The van der Waals surface area contributed by atoms with E-state index in [4.69, 9.17) is 4.74 Å². The van der Waals surface area contributed by atoms with Crippen molar-refractivity contribution in [2.24, 2.45) is 0 Å². The minimum absolute atomic E-state index is 0.820. The molecule has 21 heavy (non-hydrogen) atoms. The molecule has 0 amide bonds. The zero-order chi connectivity index (χ0) is 14.5. The summed E-state index contributed by atoms with van der Waals surface area (Å²) in [4.78, 5) is 2.60. The summed E-state index contributed by atoms with van der Waals surface area (Å²) in [7, 11) is 0. The lowest BCUT2D eigenvalue weighted by molar-refractivity contribution is 0.216. The first kappa shape index (κ1) is 15.3. The van der Waals surface area contributed by atoms with Crippen molar-refractivity contribution in [3.8, 4) is 5.75 Å². The van der Waals surface area contributed by atoms with Crippen LogP contribution in [0.4, 0.5) is 0 Å². The third-order valence-corrected chi connectivity index (χ3v) is 5.97. The Labute approximate surface area is 139 Å². The number of halogens is 1. The molecule has 0 unspecified atom stereocenters. The maximum Gasteiger partial charge on any atom is 0.128 e. The highest BCUT2D eigenvalue weighted by Crippen LogP contribution is 2.35. The van der Waals surface area contributed by atoms with Crippen LogP contribution in [0.15, 0.2) is 28.1 Å². The normalized spacial score (nSPS) is 16.4. The molecule has 1 aliphatic heterocycles. The highest BCUT2D eigenvalue weighted by Gasteiger charge is 2.09. The molecule has 1 aromatic carbocycles. The number of rotatable bonds is 6. The molecular weight excluding hydrogens is 346 g/mol. The van der Waals surface area contributed by atoms with Crippen molar-refractivity contribution in [1.82, 2.24) is 4.90 Å². The molecule has 1 aromatic heterocycles. The highest BCUT2D eigenvalue weighted by atomic mass is 79.9. The summed E-state index contributed by atoms with van der Waals surface area (Å²) < 4.78 is 8.43. The van der Waals surface area contributed by atoms with Crippen LogP contribution in [-0.2, 0) is 0 Å². The number of nitrogens with zero attached hydrogens (tertiary/aromatic N) is 1. The molecular formula is C17H22BrNOS. The molecule has 0 saturated carbocycles. The molecule has 2 nitrogen and oxygen atoms in total. The number of hydrogen-bond acceptors (Lipinski definition) is 3. The van der Waals surface area contributed by atoms with Crippen LogP contribution in [-0.4, -0.2) is 31.1 Å². The predicted molar refractivity (Wildman–Crippen MR) is 94.5 cm³/mol. The van der Waals surface area contributed by atoms with Gasteiger partial charge in [-0.25, -0.2) is 0 Å². The summed E-state index contributed by atoms with van der Waals surface area (Å²) in [6, 6.07) is 6.31. The average molecular weight is 368 g/mol. The minimum atomic E-state index is 0.820. The molecule has 0 aliphatic carbocycles. The second-order valence-corrected chi connectivity index (χ2v) is 7.44. The van der Waals surface area contributed by atoms with Gasteiger partial charge in [0.1, 0.15) is 5.75 Å². The number of piperidine rings is 1. The number of likely N-dealkylation sites (tertiary alicyclic amines) is 1. The van der Waals surface area contributed by atoms with Gasteiger partial charge in [0.05, 0.1) is 11.3 Å². The number of thiophene rings is 1. The van der Waals surface area contributed by atoms with Crippen LogP contribution in [0.25, 0.3) is 10.1 Å². The van der Waals surface area contributed by atoms with Gasteiger partial charge in [-0.05, 0) is 84.8 Å². The molecule has 1 aliphatic rings. The summed E-state index contributed by atoms with van der Waals surface area (Å²) in [6.45, 7) is 4.64. The summed E-state index contributed by atoms with van der Waals surface area (Å²) in [5.41, 5.74) is 0. The van der Waals surface area contributed by atoms with E-state index in [0.29, 0.717) is 0 Å². The molecule has 1 saturated heterocycles. The topological polar surface area (TPSA) is 12.5 Å².